The van der Waals surface area contributed by atoms with Gasteiger partial charge >= 0.3 is 39.5 Å². The molecule has 3 unspecified atom stereocenters. The molecule has 6 atom stereocenters. The zero-order valence-corrected chi connectivity index (χ0v) is 61.1. The van der Waals surface area contributed by atoms with Crippen LogP contribution in [-0.4, -0.2) is 96.7 Å². The van der Waals surface area contributed by atoms with Crippen LogP contribution in [-0.2, 0) is 65.4 Å². The van der Waals surface area contributed by atoms with Gasteiger partial charge in [-0.15, -0.1) is 0 Å². The zero-order chi connectivity index (χ0) is 67.3. The lowest BCUT2D eigenvalue weighted by atomic mass is 10.00. The molecule has 0 aliphatic heterocycles. The summed E-state index contributed by atoms with van der Waals surface area (Å²) in [6.45, 7) is 11.8. The van der Waals surface area contributed by atoms with Crippen LogP contribution in [0.25, 0.3) is 0 Å². The number of phosphoric ester groups is 2. The molecule has 0 aromatic rings. The van der Waals surface area contributed by atoms with Crippen molar-refractivity contribution >= 4 is 39.5 Å². The zero-order valence-electron chi connectivity index (χ0n) is 59.3. The van der Waals surface area contributed by atoms with Crippen molar-refractivity contribution in [2.45, 2.75) is 381 Å². The number of carbonyl (C=O) groups excluding carboxylic acids is 4. The second-order valence-electron chi connectivity index (χ2n) is 27.2. The van der Waals surface area contributed by atoms with E-state index in [0.29, 0.717) is 25.7 Å². The number of aliphatic hydroxyl groups excluding tert-OH is 1. The maximum absolute atomic E-state index is 13.0. The van der Waals surface area contributed by atoms with Gasteiger partial charge < -0.3 is 33.8 Å². The van der Waals surface area contributed by atoms with E-state index in [0.717, 1.165) is 114 Å². The molecule has 0 aromatic carbocycles. The standard InChI is InChI=1S/C72H140O17P2/c1-8-10-11-12-13-14-15-16-20-27-32-41-48-55-72(77)89-68(60-83-70(75)54-47-40-35-34-38-45-52-65(7)9-2)62-87-91(80,81)85-58-66(73)57-84-90(78,79)86-61-67(59-82-69(74)53-46-39-31-26-23-22-25-30-37-44-51-64(5)6)88-71(76)56-49-42-33-28-21-18-17-19-24-29-36-43-50-63(3)4/h63-68,73H,8-62H2,1-7H3,(H,78,79)(H,80,81)/t65?,66-,67-,68-/m1/s1. The van der Waals surface area contributed by atoms with Gasteiger partial charge in [0.1, 0.15) is 19.3 Å². The smallest absolute Gasteiger partial charge is 0.462 e. The molecule has 0 fully saturated rings. The van der Waals surface area contributed by atoms with E-state index < -0.39 is 97.5 Å². The maximum Gasteiger partial charge on any atom is 0.472 e. The highest BCUT2D eigenvalue weighted by molar-refractivity contribution is 7.47. The van der Waals surface area contributed by atoms with E-state index in [2.05, 4.69) is 48.5 Å². The van der Waals surface area contributed by atoms with Crippen molar-refractivity contribution in [3.63, 3.8) is 0 Å². The number of ether oxygens (including phenoxy) is 4. The normalized spacial score (nSPS) is 14.5. The van der Waals surface area contributed by atoms with Crippen molar-refractivity contribution in [3.05, 3.63) is 0 Å². The molecule has 0 aliphatic carbocycles. The highest BCUT2D eigenvalue weighted by Crippen LogP contribution is 2.45. The first kappa shape index (κ1) is 89.1. The molecule has 0 spiro atoms. The fourth-order valence-electron chi connectivity index (χ4n) is 10.9. The Hall–Kier alpha value is -1.94. The molecule has 19 heteroatoms. The number of rotatable bonds is 70. The Morgan fingerprint density at radius 1 is 0.319 bits per heavy atom. The summed E-state index contributed by atoms with van der Waals surface area (Å²) in [5, 5.41) is 10.6. The number of carbonyl (C=O) groups is 4. The topological polar surface area (TPSA) is 237 Å². The van der Waals surface area contributed by atoms with E-state index in [1.165, 1.54) is 167 Å². The second kappa shape index (κ2) is 62.8. The van der Waals surface area contributed by atoms with Crippen molar-refractivity contribution in [2.24, 2.45) is 17.8 Å². The van der Waals surface area contributed by atoms with Crippen LogP contribution in [0.15, 0.2) is 0 Å². The summed E-state index contributed by atoms with van der Waals surface area (Å²) in [4.78, 5) is 72.6. The van der Waals surface area contributed by atoms with Crippen molar-refractivity contribution in [3.8, 4) is 0 Å². The van der Waals surface area contributed by atoms with Gasteiger partial charge in [0.05, 0.1) is 26.4 Å². The summed E-state index contributed by atoms with van der Waals surface area (Å²) in [7, 11) is -9.91. The molecule has 0 aromatic heterocycles. The van der Waals surface area contributed by atoms with Crippen LogP contribution in [0.1, 0.15) is 363 Å². The predicted octanol–water partition coefficient (Wildman–Crippen LogP) is 20.6. The lowest BCUT2D eigenvalue weighted by Gasteiger charge is -2.21. The van der Waals surface area contributed by atoms with Crippen LogP contribution in [0.4, 0.5) is 0 Å². The molecule has 0 saturated heterocycles. The number of esters is 4. The van der Waals surface area contributed by atoms with Crippen LogP contribution in [0, 0.1) is 17.8 Å². The van der Waals surface area contributed by atoms with Gasteiger partial charge in [0.2, 0.25) is 0 Å². The third kappa shape index (κ3) is 65.1. The molecule has 0 radical (unpaired) electrons. The maximum atomic E-state index is 13.0. The molecule has 0 amide bonds. The van der Waals surface area contributed by atoms with Crippen LogP contribution in [0.2, 0.25) is 0 Å². The highest BCUT2D eigenvalue weighted by Gasteiger charge is 2.30. The quantitative estimate of drug-likeness (QED) is 0.0222. The van der Waals surface area contributed by atoms with E-state index in [1.807, 2.05) is 0 Å². The van der Waals surface area contributed by atoms with Gasteiger partial charge in [0.15, 0.2) is 12.2 Å². The summed E-state index contributed by atoms with van der Waals surface area (Å²) in [5.41, 5.74) is 0. The SMILES string of the molecule is CCCCCCCCCCCCCCCC(=O)O[C@H](COC(=O)CCCCCCCCC(C)CC)COP(=O)(O)OC[C@H](O)COP(=O)(O)OC[C@@H](COC(=O)CCCCCCCCCCCCC(C)C)OC(=O)CCCCCCCCCCCCCCC(C)C. The minimum Gasteiger partial charge on any atom is -0.462 e. The van der Waals surface area contributed by atoms with E-state index in [9.17, 15) is 43.2 Å². The van der Waals surface area contributed by atoms with Crippen molar-refractivity contribution in [1.29, 1.82) is 0 Å². The summed E-state index contributed by atoms with van der Waals surface area (Å²) in [6, 6.07) is 0. The summed E-state index contributed by atoms with van der Waals surface area (Å²) < 4.78 is 68.4. The van der Waals surface area contributed by atoms with Gasteiger partial charge in [0.25, 0.3) is 0 Å². The molecule has 0 heterocycles. The number of phosphoric acid groups is 2. The van der Waals surface area contributed by atoms with Crippen LogP contribution in [0.5, 0.6) is 0 Å². The van der Waals surface area contributed by atoms with E-state index in [-0.39, 0.29) is 25.7 Å². The Kier molecular flexibility index (Phi) is 61.5. The molecular formula is C72H140O17P2. The second-order valence-corrected chi connectivity index (χ2v) is 30.1. The Morgan fingerprint density at radius 2 is 0.560 bits per heavy atom. The summed E-state index contributed by atoms with van der Waals surface area (Å²) in [5.74, 6) is 0.143. The largest absolute Gasteiger partial charge is 0.472 e. The fraction of sp³-hybridized carbons (Fsp3) is 0.944. The molecular weight excluding hydrogens is 1200 g/mol. The molecule has 91 heavy (non-hydrogen) atoms. The Labute approximate surface area is 556 Å². The summed E-state index contributed by atoms with van der Waals surface area (Å²) in [6.07, 6.45) is 47.1. The molecule has 3 N–H and O–H groups in total. The first-order chi connectivity index (χ1) is 43.8. The van der Waals surface area contributed by atoms with Crippen molar-refractivity contribution in [2.75, 3.05) is 39.6 Å². The highest BCUT2D eigenvalue weighted by atomic mass is 31.2. The Balaban J connectivity index is 5.26. The Bertz CT molecular complexity index is 1790. The minimum absolute atomic E-state index is 0.106. The third-order valence-corrected chi connectivity index (χ3v) is 18.9. The number of hydrogen-bond donors (Lipinski definition) is 3. The van der Waals surface area contributed by atoms with E-state index in [4.69, 9.17) is 37.0 Å². The van der Waals surface area contributed by atoms with Crippen LogP contribution >= 0.6 is 15.6 Å². The molecule has 0 saturated carbocycles. The van der Waals surface area contributed by atoms with Crippen LogP contribution in [0.3, 0.4) is 0 Å². The van der Waals surface area contributed by atoms with Gasteiger partial charge in [-0.05, 0) is 43.4 Å². The molecule has 17 nitrogen and oxygen atoms in total. The lowest BCUT2D eigenvalue weighted by Crippen LogP contribution is -2.30. The summed E-state index contributed by atoms with van der Waals surface area (Å²) >= 11 is 0. The van der Waals surface area contributed by atoms with Gasteiger partial charge in [-0.25, -0.2) is 9.13 Å². The lowest BCUT2D eigenvalue weighted by molar-refractivity contribution is -0.161. The van der Waals surface area contributed by atoms with Gasteiger partial charge in [-0.2, -0.15) is 0 Å². The fourth-order valence-corrected chi connectivity index (χ4v) is 12.4. The molecule has 0 bridgehead atoms. The molecule has 0 rings (SSSR count). The van der Waals surface area contributed by atoms with Crippen LogP contribution < -0.4 is 0 Å². The van der Waals surface area contributed by atoms with Gasteiger partial charge in [-0.1, -0.05) is 312 Å². The molecule has 540 valence electrons. The van der Waals surface area contributed by atoms with E-state index in [1.54, 1.807) is 0 Å². The Morgan fingerprint density at radius 3 is 0.835 bits per heavy atom. The third-order valence-electron chi connectivity index (χ3n) is 17.0. The number of hydrogen-bond acceptors (Lipinski definition) is 15. The first-order valence-electron chi connectivity index (χ1n) is 37.4. The number of unbranched alkanes of at least 4 members (excludes halogenated alkanes) is 37. The average molecular weight is 1340 g/mol. The van der Waals surface area contributed by atoms with Crippen molar-refractivity contribution < 1.29 is 80.2 Å². The number of aliphatic hydroxyl groups is 1. The minimum atomic E-state index is -4.95. The predicted molar refractivity (Wildman–Crippen MR) is 368 cm³/mol. The molecule has 0 aliphatic rings. The average Bonchev–Trinajstić information content (AvgIpc) is 3.03. The van der Waals surface area contributed by atoms with Crippen molar-refractivity contribution in [1.82, 2.24) is 0 Å². The first-order valence-corrected chi connectivity index (χ1v) is 40.4. The monoisotopic (exact) mass is 1340 g/mol. The van der Waals surface area contributed by atoms with Gasteiger partial charge in [0, 0.05) is 25.7 Å². The van der Waals surface area contributed by atoms with Gasteiger partial charge in [-0.3, -0.25) is 37.3 Å². The van der Waals surface area contributed by atoms with E-state index >= 15 is 0 Å².